The van der Waals surface area contributed by atoms with Crippen LogP contribution in [0.3, 0.4) is 0 Å². The molecular weight excluding hydrogens is 510 g/mol. The maximum atomic E-state index is 11.4. The van der Waals surface area contributed by atoms with Gasteiger partial charge in [0.05, 0.1) is 20.3 Å². The first-order valence-electron chi connectivity index (χ1n) is 13.3. The second-order valence-electron chi connectivity index (χ2n) is 9.58. The Hall–Kier alpha value is -4.43. The molecule has 8 heteroatoms. The normalized spacial score (nSPS) is 14.3. The Labute approximate surface area is 233 Å². The molecule has 0 amide bonds. The molecule has 5 rings (SSSR count). The Balaban J connectivity index is 1.62. The molecule has 1 aromatic heterocycles. The van der Waals surface area contributed by atoms with Crippen molar-refractivity contribution in [2.75, 3.05) is 26.9 Å². The van der Waals surface area contributed by atoms with Gasteiger partial charge in [-0.2, -0.15) is 12.4 Å². The van der Waals surface area contributed by atoms with Gasteiger partial charge in [-0.25, -0.2) is 0 Å². The van der Waals surface area contributed by atoms with Crippen LogP contribution in [0.15, 0.2) is 73.1 Å². The van der Waals surface area contributed by atoms with E-state index in [2.05, 4.69) is 4.98 Å². The van der Waals surface area contributed by atoms with Crippen LogP contribution in [0.1, 0.15) is 46.8 Å². The first-order chi connectivity index (χ1) is 19.6. The Kier molecular flexibility index (Phi) is 8.56. The molecular formula is C32H33NO7. The number of fused-ring (bicyclic) bond motifs is 1. The van der Waals surface area contributed by atoms with Crippen molar-refractivity contribution in [2.45, 2.75) is 31.8 Å². The van der Waals surface area contributed by atoms with Crippen LogP contribution in [0.25, 0.3) is 0 Å². The number of methoxy groups -OCH3 is 1. The maximum absolute atomic E-state index is 11.4. The highest BCUT2D eigenvalue weighted by molar-refractivity contribution is 6.05. The van der Waals surface area contributed by atoms with Crippen LogP contribution in [-0.4, -0.2) is 47.7 Å². The number of benzene rings is 3. The Morgan fingerprint density at radius 1 is 0.950 bits per heavy atom. The first-order valence-corrected chi connectivity index (χ1v) is 13.3. The number of ketones is 1. The number of phenolic OH excluding ortho intramolecular Hbond substituents is 1. The van der Waals surface area contributed by atoms with Crippen molar-refractivity contribution >= 4 is 5.78 Å². The summed E-state index contributed by atoms with van der Waals surface area (Å²) in [7, 11) is 1.54. The molecule has 3 aromatic carbocycles. The Morgan fingerprint density at radius 2 is 1.73 bits per heavy atom. The predicted molar refractivity (Wildman–Crippen MR) is 151 cm³/mol. The number of hydrogen-bond acceptors (Lipinski definition) is 6. The molecule has 1 atom stereocenters. The number of rotatable bonds is 12. The molecule has 1 unspecified atom stereocenters. The van der Waals surface area contributed by atoms with Gasteiger partial charge in [0.1, 0.15) is 24.0 Å². The summed E-state index contributed by atoms with van der Waals surface area (Å²) in [6.07, 6.45) is 4.71. The summed E-state index contributed by atoms with van der Waals surface area (Å²) < 4.78 is 25.0. The van der Waals surface area contributed by atoms with Crippen molar-refractivity contribution in [2.24, 2.45) is 0 Å². The Bertz CT molecular complexity index is 1420. The summed E-state index contributed by atoms with van der Waals surface area (Å²) in [4.78, 5) is 15.6. The SMILES string of the molecule is COc1c(OCCc2ccccc2)c(Cc2cc[n-]c2)c2c(c1OCCCO)C(=[OH+])CC(c1ccc(O)cc1)O2. The van der Waals surface area contributed by atoms with Crippen LogP contribution in [-0.2, 0) is 12.8 Å². The molecule has 208 valence electrons. The molecule has 1 aliphatic rings. The van der Waals surface area contributed by atoms with Crippen LogP contribution in [0.5, 0.6) is 28.7 Å². The lowest BCUT2D eigenvalue weighted by Gasteiger charge is -2.29. The number of aromatic hydroxyl groups is 1. The summed E-state index contributed by atoms with van der Waals surface area (Å²) in [6, 6.07) is 18.7. The third-order valence-corrected chi connectivity index (χ3v) is 6.84. The number of hydrogen-bond donors (Lipinski definition) is 2. The number of ether oxygens (including phenoxy) is 4. The number of phenols is 1. The van der Waals surface area contributed by atoms with Crippen LogP contribution in [0.2, 0.25) is 0 Å². The zero-order valence-corrected chi connectivity index (χ0v) is 22.4. The highest BCUT2D eigenvalue weighted by Gasteiger charge is 2.41. The van der Waals surface area contributed by atoms with E-state index in [0.29, 0.717) is 60.0 Å². The molecule has 4 aromatic rings. The van der Waals surface area contributed by atoms with Gasteiger partial charge < -0.3 is 34.1 Å². The number of carbonyl (C=O) groups excluding carboxylic acids is 1. The predicted octanol–water partition coefficient (Wildman–Crippen LogP) is 4.75. The molecule has 0 aliphatic carbocycles. The van der Waals surface area contributed by atoms with Crippen LogP contribution < -0.4 is 23.9 Å². The zero-order valence-electron chi connectivity index (χ0n) is 22.4. The zero-order chi connectivity index (χ0) is 27.9. The molecule has 0 spiro atoms. The van der Waals surface area contributed by atoms with Crippen molar-refractivity contribution in [1.29, 1.82) is 0 Å². The molecule has 0 bridgehead atoms. The average Bonchev–Trinajstić information content (AvgIpc) is 3.49. The summed E-state index contributed by atoms with van der Waals surface area (Å²) in [5.74, 6) is 1.82. The number of aliphatic hydroxyl groups is 1. The van der Waals surface area contributed by atoms with Gasteiger partial charge in [0.2, 0.25) is 5.75 Å². The van der Waals surface area contributed by atoms with E-state index in [1.807, 2.05) is 36.4 Å². The summed E-state index contributed by atoms with van der Waals surface area (Å²) in [5.41, 5.74) is 4.00. The van der Waals surface area contributed by atoms with Gasteiger partial charge >= 0.3 is 5.78 Å². The number of aliphatic hydroxyl groups excluding tert-OH is 1. The van der Waals surface area contributed by atoms with E-state index in [1.165, 1.54) is 0 Å². The maximum Gasteiger partial charge on any atom is 0.335 e. The van der Waals surface area contributed by atoms with Crippen molar-refractivity contribution in [1.82, 2.24) is 4.98 Å². The monoisotopic (exact) mass is 543 g/mol. The highest BCUT2D eigenvalue weighted by atomic mass is 16.5. The number of nitrogens with zero attached hydrogens (tertiary/aromatic N) is 1. The van der Waals surface area contributed by atoms with Crippen LogP contribution in [0, 0.1) is 0 Å². The minimum absolute atomic E-state index is 0.0395. The standard InChI is InChI=1S/C32H32NO7/c1-37-32-30(39-17-13-21-6-3-2-4-7-21)25(18-22-12-14-33-20-22)29-28(31(32)38-16-5-15-34)26(36)19-27(40-29)23-8-10-24(35)11-9-23/h2-4,6-12,14,20,27,34-35H,5,13,15-19H2,1H3/q-1/p+1. The lowest BCUT2D eigenvalue weighted by atomic mass is 9.91. The molecule has 0 radical (unpaired) electrons. The van der Waals surface area contributed by atoms with E-state index in [9.17, 15) is 15.0 Å². The van der Waals surface area contributed by atoms with Gasteiger partial charge in [-0.15, -0.1) is 0 Å². The highest BCUT2D eigenvalue weighted by Crippen LogP contribution is 2.53. The summed E-state index contributed by atoms with van der Waals surface area (Å²) in [6.45, 7) is 0.546. The molecule has 1 aliphatic heterocycles. The minimum Gasteiger partial charge on any atom is -0.670 e. The van der Waals surface area contributed by atoms with Crippen molar-refractivity contribution < 1.29 is 34.0 Å². The molecule has 0 fully saturated rings. The topological polar surface area (TPSA) is 113 Å². The molecule has 3 N–H and O–H groups in total. The third kappa shape index (κ3) is 5.92. The molecule has 0 saturated carbocycles. The molecule has 40 heavy (non-hydrogen) atoms. The van der Waals surface area contributed by atoms with Crippen LogP contribution in [0.4, 0.5) is 0 Å². The second-order valence-corrected chi connectivity index (χ2v) is 9.58. The smallest absolute Gasteiger partial charge is 0.335 e. The van der Waals surface area contributed by atoms with E-state index in [-0.39, 0.29) is 31.2 Å². The molecule has 8 nitrogen and oxygen atoms in total. The van der Waals surface area contributed by atoms with Gasteiger partial charge in [0.25, 0.3) is 0 Å². The van der Waals surface area contributed by atoms with Crippen molar-refractivity contribution in [3.05, 3.63) is 101 Å². The fourth-order valence-corrected chi connectivity index (χ4v) is 4.86. The largest absolute Gasteiger partial charge is 0.670 e. The fraction of sp³-hybridized carbons (Fsp3) is 0.281. The van der Waals surface area contributed by atoms with Gasteiger partial charge in [0, 0.05) is 31.4 Å². The summed E-state index contributed by atoms with van der Waals surface area (Å²) >= 11 is 0. The van der Waals surface area contributed by atoms with E-state index >= 15 is 0 Å². The number of aromatic nitrogens is 1. The van der Waals surface area contributed by atoms with Crippen LogP contribution >= 0.6 is 0 Å². The van der Waals surface area contributed by atoms with Gasteiger partial charge in [-0.3, -0.25) is 4.79 Å². The average molecular weight is 544 g/mol. The van der Waals surface area contributed by atoms with E-state index < -0.39 is 6.10 Å². The van der Waals surface area contributed by atoms with Crippen molar-refractivity contribution in [3.8, 4) is 28.7 Å². The van der Waals surface area contributed by atoms with Gasteiger partial charge in [0.15, 0.2) is 17.1 Å². The first kappa shape index (κ1) is 27.1. The quantitative estimate of drug-likeness (QED) is 0.196. The third-order valence-electron chi connectivity index (χ3n) is 6.84. The van der Waals surface area contributed by atoms with E-state index in [1.54, 1.807) is 43.8 Å². The second kappa shape index (κ2) is 12.6. The van der Waals surface area contributed by atoms with E-state index in [0.717, 1.165) is 16.7 Å². The van der Waals surface area contributed by atoms with Gasteiger partial charge in [-0.05, 0) is 23.3 Å². The lowest BCUT2D eigenvalue weighted by Crippen LogP contribution is -2.24. The minimum atomic E-state index is -0.500. The molecule has 0 saturated heterocycles. The van der Waals surface area contributed by atoms with E-state index in [4.69, 9.17) is 18.9 Å². The Morgan fingerprint density at radius 3 is 2.42 bits per heavy atom. The lowest BCUT2D eigenvalue weighted by molar-refractivity contribution is 0.191. The fourth-order valence-electron chi connectivity index (χ4n) is 4.86. The summed E-state index contributed by atoms with van der Waals surface area (Å²) in [5, 5.41) is 19.2. The molecule has 2 heterocycles. The van der Waals surface area contributed by atoms with Crippen molar-refractivity contribution in [3.63, 3.8) is 0 Å². The van der Waals surface area contributed by atoms with Gasteiger partial charge in [-0.1, -0.05) is 54.1 Å².